The van der Waals surface area contributed by atoms with Crippen LogP contribution in [0, 0.1) is 5.82 Å². The van der Waals surface area contributed by atoms with Crippen LogP contribution in [0.25, 0.3) is 0 Å². The zero-order chi connectivity index (χ0) is 14.8. The van der Waals surface area contributed by atoms with Gasteiger partial charge in [0.05, 0.1) is 4.90 Å². The first-order valence-electron chi connectivity index (χ1n) is 5.17. The lowest BCUT2D eigenvalue weighted by Crippen LogP contribution is -2.29. The summed E-state index contributed by atoms with van der Waals surface area (Å²) < 4.78 is 62.2. The molecule has 0 saturated heterocycles. The highest BCUT2D eigenvalue weighted by atomic mass is 79.9. The molecule has 19 heavy (non-hydrogen) atoms. The normalized spacial score (nSPS) is 14.3. The van der Waals surface area contributed by atoms with E-state index in [1.165, 1.54) is 0 Å². The van der Waals surface area contributed by atoms with Gasteiger partial charge in [0, 0.05) is 17.6 Å². The minimum absolute atomic E-state index is 0.0604. The number of alkyl halides is 1. The highest BCUT2D eigenvalue weighted by molar-refractivity contribution is 9.09. The summed E-state index contributed by atoms with van der Waals surface area (Å²) in [6.07, 6.45) is 0.921. The molecular weight excluding hydrogens is 361 g/mol. The summed E-state index contributed by atoms with van der Waals surface area (Å²) in [6, 6.07) is 2.66. The topological polar surface area (TPSA) is 80.3 Å². The van der Waals surface area contributed by atoms with Crippen molar-refractivity contribution in [1.29, 1.82) is 0 Å². The van der Waals surface area contributed by atoms with E-state index in [0.717, 1.165) is 24.5 Å². The maximum absolute atomic E-state index is 13.6. The van der Waals surface area contributed by atoms with E-state index in [-0.39, 0.29) is 16.3 Å². The molecule has 0 radical (unpaired) electrons. The van der Waals surface area contributed by atoms with Gasteiger partial charge in [-0.1, -0.05) is 22.9 Å². The molecule has 1 aromatic rings. The summed E-state index contributed by atoms with van der Waals surface area (Å²) in [5, 5.41) is 0. The van der Waals surface area contributed by atoms with Crippen LogP contribution in [0.5, 0.6) is 0 Å². The number of sulfone groups is 1. The summed E-state index contributed by atoms with van der Waals surface area (Å²) in [7, 11) is -7.69. The van der Waals surface area contributed by atoms with E-state index in [2.05, 4.69) is 20.7 Å². The molecule has 9 heteroatoms. The fourth-order valence-corrected chi connectivity index (χ4v) is 3.55. The van der Waals surface area contributed by atoms with E-state index in [9.17, 15) is 21.2 Å². The molecule has 1 unspecified atom stereocenters. The Balaban J connectivity index is 3.27. The van der Waals surface area contributed by atoms with Gasteiger partial charge in [0.2, 0.25) is 10.0 Å². The van der Waals surface area contributed by atoms with Gasteiger partial charge in [-0.05, 0) is 18.2 Å². The Morgan fingerprint density at radius 2 is 1.89 bits per heavy atom. The summed E-state index contributed by atoms with van der Waals surface area (Å²) in [5.41, 5.74) is 0. The lowest BCUT2D eigenvalue weighted by molar-refractivity contribution is 0.555. The van der Waals surface area contributed by atoms with Crippen LogP contribution in [-0.4, -0.2) is 34.5 Å². The second-order valence-electron chi connectivity index (χ2n) is 4.00. The highest BCUT2D eigenvalue weighted by Gasteiger charge is 2.22. The van der Waals surface area contributed by atoms with Gasteiger partial charge < -0.3 is 0 Å². The van der Waals surface area contributed by atoms with Crippen LogP contribution >= 0.6 is 15.9 Å². The van der Waals surface area contributed by atoms with Gasteiger partial charge >= 0.3 is 0 Å². The molecule has 0 spiro atoms. The molecule has 1 aromatic carbocycles. The number of sulfonamides is 1. The van der Waals surface area contributed by atoms with Crippen molar-refractivity contribution >= 4 is 35.8 Å². The van der Waals surface area contributed by atoms with Crippen molar-refractivity contribution in [3.63, 3.8) is 0 Å². The number of nitrogens with one attached hydrogen (secondary N) is 1. The molecule has 1 atom stereocenters. The zero-order valence-corrected chi connectivity index (χ0v) is 13.4. The third-order valence-corrected chi connectivity index (χ3v) is 5.05. The SMILES string of the molecule is CC(Br)CNS(=O)(=O)c1cc(S(C)(=O)=O)ccc1F. The van der Waals surface area contributed by atoms with Gasteiger partial charge in [-0.3, -0.25) is 0 Å². The first-order valence-corrected chi connectivity index (χ1v) is 9.46. The van der Waals surface area contributed by atoms with Crippen LogP contribution in [-0.2, 0) is 19.9 Å². The van der Waals surface area contributed by atoms with Crippen molar-refractivity contribution in [2.75, 3.05) is 12.8 Å². The number of hydrogen-bond acceptors (Lipinski definition) is 4. The van der Waals surface area contributed by atoms with Crippen LogP contribution < -0.4 is 4.72 Å². The quantitative estimate of drug-likeness (QED) is 0.622. The van der Waals surface area contributed by atoms with Gasteiger partial charge in [-0.2, -0.15) is 0 Å². The standard InChI is InChI=1S/C10H13BrFNO4S2/c1-7(11)6-13-19(16,17)10-5-8(18(2,14)15)3-4-9(10)12/h3-5,7,13H,6H2,1-2H3. The third kappa shape index (κ3) is 4.51. The molecule has 108 valence electrons. The summed E-state index contributed by atoms with van der Waals surface area (Å²) in [4.78, 5) is -1.06. The first kappa shape index (κ1) is 16.5. The predicted molar refractivity (Wildman–Crippen MR) is 73.1 cm³/mol. The second-order valence-corrected chi connectivity index (χ2v) is 9.31. The van der Waals surface area contributed by atoms with E-state index in [1.54, 1.807) is 6.92 Å². The molecule has 0 aromatic heterocycles. The van der Waals surface area contributed by atoms with Crippen molar-refractivity contribution < 1.29 is 21.2 Å². The van der Waals surface area contributed by atoms with Crippen LogP contribution in [0.1, 0.15) is 6.92 Å². The molecule has 0 aliphatic heterocycles. The third-order valence-electron chi connectivity index (χ3n) is 2.17. The maximum Gasteiger partial charge on any atom is 0.243 e. The Morgan fingerprint density at radius 1 is 1.32 bits per heavy atom. The summed E-state index contributed by atoms with van der Waals surface area (Å²) in [6.45, 7) is 1.77. The Morgan fingerprint density at radius 3 is 2.37 bits per heavy atom. The average Bonchev–Trinajstić information content (AvgIpc) is 2.25. The maximum atomic E-state index is 13.6. The number of hydrogen-bond donors (Lipinski definition) is 1. The zero-order valence-electron chi connectivity index (χ0n) is 10.2. The molecule has 1 N–H and O–H groups in total. The number of benzene rings is 1. The van der Waals surface area contributed by atoms with E-state index in [0.29, 0.717) is 0 Å². The lowest BCUT2D eigenvalue weighted by Gasteiger charge is -2.10. The van der Waals surface area contributed by atoms with Crippen molar-refractivity contribution in [2.24, 2.45) is 0 Å². The fraction of sp³-hybridized carbons (Fsp3) is 0.400. The van der Waals surface area contributed by atoms with E-state index in [4.69, 9.17) is 0 Å². The highest BCUT2D eigenvalue weighted by Crippen LogP contribution is 2.19. The Hall–Kier alpha value is -0.510. The van der Waals surface area contributed by atoms with Crippen LogP contribution in [0.4, 0.5) is 4.39 Å². The molecular formula is C10H13BrFNO4S2. The van der Waals surface area contributed by atoms with E-state index < -0.39 is 30.6 Å². The Kier molecular flexibility index (Phi) is 5.10. The van der Waals surface area contributed by atoms with Gasteiger partial charge in [0.25, 0.3) is 0 Å². The molecule has 0 aliphatic rings. The van der Waals surface area contributed by atoms with Crippen molar-refractivity contribution in [2.45, 2.75) is 21.5 Å². The van der Waals surface area contributed by atoms with Gasteiger partial charge in [0.1, 0.15) is 10.7 Å². The van der Waals surface area contributed by atoms with Crippen LogP contribution in [0.3, 0.4) is 0 Å². The van der Waals surface area contributed by atoms with Crippen molar-refractivity contribution in [1.82, 2.24) is 4.72 Å². The van der Waals surface area contributed by atoms with Gasteiger partial charge in [-0.15, -0.1) is 0 Å². The Bertz CT molecular complexity index is 671. The molecule has 5 nitrogen and oxygen atoms in total. The van der Waals surface area contributed by atoms with E-state index in [1.807, 2.05) is 0 Å². The summed E-state index contributed by atoms with van der Waals surface area (Å²) in [5.74, 6) is -0.998. The smallest absolute Gasteiger partial charge is 0.224 e. The predicted octanol–water partition coefficient (Wildman–Crippen LogP) is 1.29. The van der Waals surface area contributed by atoms with Gasteiger partial charge in [0.15, 0.2) is 9.84 Å². The molecule has 0 fully saturated rings. The number of rotatable bonds is 5. The first-order chi connectivity index (χ1) is 8.54. The largest absolute Gasteiger partial charge is 0.243 e. The Labute approximate surface area is 120 Å². The molecule has 0 aliphatic carbocycles. The van der Waals surface area contributed by atoms with E-state index >= 15 is 0 Å². The molecule has 1 rings (SSSR count). The van der Waals surface area contributed by atoms with Crippen LogP contribution in [0.2, 0.25) is 0 Å². The molecule has 0 amide bonds. The molecule has 0 saturated carbocycles. The average molecular weight is 374 g/mol. The monoisotopic (exact) mass is 373 g/mol. The molecule has 0 heterocycles. The number of halogens is 2. The summed E-state index contributed by atoms with van der Waals surface area (Å²) >= 11 is 3.15. The fourth-order valence-electron chi connectivity index (χ4n) is 1.22. The lowest BCUT2D eigenvalue weighted by atomic mass is 10.3. The second kappa shape index (κ2) is 5.86. The van der Waals surface area contributed by atoms with Gasteiger partial charge in [-0.25, -0.2) is 25.9 Å². The molecule has 0 bridgehead atoms. The van der Waals surface area contributed by atoms with Crippen molar-refractivity contribution in [3.8, 4) is 0 Å². The minimum Gasteiger partial charge on any atom is -0.224 e. The minimum atomic E-state index is -4.09. The van der Waals surface area contributed by atoms with Crippen molar-refractivity contribution in [3.05, 3.63) is 24.0 Å². The van der Waals surface area contributed by atoms with Crippen LogP contribution in [0.15, 0.2) is 28.0 Å².